The first-order valence-corrected chi connectivity index (χ1v) is 9.87. The van der Waals surface area contributed by atoms with Crippen LogP contribution in [0, 0.1) is 0 Å². The highest BCUT2D eigenvalue weighted by Gasteiger charge is 2.34. The first-order chi connectivity index (χ1) is 13.0. The van der Waals surface area contributed by atoms with Gasteiger partial charge in [-0.1, -0.05) is 18.2 Å². The number of rotatable bonds is 4. The lowest BCUT2D eigenvalue weighted by atomic mass is 10.0. The molecule has 1 heterocycles. The van der Waals surface area contributed by atoms with Crippen LogP contribution in [-0.4, -0.2) is 25.1 Å². The van der Waals surface area contributed by atoms with Crippen LogP contribution in [0.2, 0.25) is 0 Å². The van der Waals surface area contributed by atoms with Crippen LogP contribution >= 0.6 is 0 Å². The van der Waals surface area contributed by atoms with Crippen LogP contribution in [0.4, 0.5) is 13.2 Å². The molecule has 3 rings (SSSR count). The molecule has 0 radical (unpaired) electrons. The van der Waals surface area contributed by atoms with E-state index in [4.69, 9.17) is 5.73 Å². The molecule has 1 aromatic heterocycles. The summed E-state index contributed by atoms with van der Waals surface area (Å²) in [4.78, 5) is 11.7. The molecule has 2 N–H and O–H groups in total. The SMILES string of the molecule is CS(=O)(=O)c1ccc(-n2cc(C(N)=O)cc2-c2ccccc2C(F)(F)F)cc1. The Labute approximate surface area is 159 Å². The summed E-state index contributed by atoms with van der Waals surface area (Å²) in [5.74, 6) is -0.794. The minimum atomic E-state index is -4.60. The van der Waals surface area contributed by atoms with Gasteiger partial charge in [-0.3, -0.25) is 4.79 Å². The zero-order chi connectivity index (χ0) is 20.7. The Morgan fingerprint density at radius 2 is 1.64 bits per heavy atom. The summed E-state index contributed by atoms with van der Waals surface area (Å²) >= 11 is 0. The minimum absolute atomic E-state index is 0.0270. The molecular formula is C19H15F3N2O3S. The lowest BCUT2D eigenvalue weighted by Crippen LogP contribution is -2.09. The Hall–Kier alpha value is -3.07. The second-order valence-electron chi connectivity index (χ2n) is 6.16. The van der Waals surface area contributed by atoms with E-state index in [9.17, 15) is 26.4 Å². The van der Waals surface area contributed by atoms with Crippen molar-refractivity contribution in [3.8, 4) is 16.9 Å². The number of alkyl halides is 3. The number of halogens is 3. The number of nitrogens with zero attached hydrogens (tertiary/aromatic N) is 1. The summed E-state index contributed by atoms with van der Waals surface area (Å²) in [6.45, 7) is 0. The Balaban J connectivity index is 2.24. The zero-order valence-electron chi connectivity index (χ0n) is 14.6. The number of hydrogen-bond donors (Lipinski definition) is 1. The van der Waals surface area contributed by atoms with E-state index in [0.29, 0.717) is 5.69 Å². The van der Waals surface area contributed by atoms with Gasteiger partial charge in [-0.2, -0.15) is 13.2 Å². The maximum Gasteiger partial charge on any atom is 0.417 e. The molecule has 0 bridgehead atoms. The van der Waals surface area contributed by atoms with Crippen LogP contribution in [0.5, 0.6) is 0 Å². The smallest absolute Gasteiger partial charge is 0.366 e. The van der Waals surface area contributed by atoms with Crippen molar-refractivity contribution in [2.75, 3.05) is 6.26 Å². The predicted octanol–water partition coefficient (Wildman–Crippen LogP) is 3.67. The number of aromatic nitrogens is 1. The van der Waals surface area contributed by atoms with E-state index in [0.717, 1.165) is 12.3 Å². The lowest BCUT2D eigenvalue weighted by Gasteiger charge is -2.15. The van der Waals surface area contributed by atoms with Crippen LogP contribution in [0.25, 0.3) is 16.9 Å². The maximum atomic E-state index is 13.5. The van der Waals surface area contributed by atoms with Crippen LogP contribution < -0.4 is 5.73 Å². The highest BCUT2D eigenvalue weighted by Crippen LogP contribution is 2.38. The number of carbonyl (C=O) groups is 1. The molecule has 0 aliphatic carbocycles. The van der Waals surface area contributed by atoms with Crippen molar-refractivity contribution in [2.24, 2.45) is 5.73 Å². The van der Waals surface area contributed by atoms with Crippen molar-refractivity contribution in [2.45, 2.75) is 11.1 Å². The van der Waals surface area contributed by atoms with Crippen molar-refractivity contribution < 1.29 is 26.4 Å². The van der Waals surface area contributed by atoms with Gasteiger partial charge in [-0.05, 0) is 36.4 Å². The van der Waals surface area contributed by atoms with Gasteiger partial charge in [0.05, 0.1) is 21.7 Å². The molecule has 146 valence electrons. The molecule has 0 saturated carbocycles. The number of hydrogen-bond acceptors (Lipinski definition) is 3. The molecule has 0 aliphatic heterocycles. The first kappa shape index (κ1) is 19.7. The number of carbonyl (C=O) groups excluding carboxylic acids is 1. The van der Waals surface area contributed by atoms with Gasteiger partial charge in [0.15, 0.2) is 9.84 Å². The van der Waals surface area contributed by atoms with Gasteiger partial charge >= 0.3 is 6.18 Å². The molecular weight excluding hydrogens is 393 g/mol. The third-order valence-corrected chi connectivity index (χ3v) is 5.28. The normalized spacial score (nSPS) is 12.1. The molecule has 1 amide bonds. The van der Waals surface area contributed by atoms with Crippen LogP contribution in [0.1, 0.15) is 15.9 Å². The number of primary amides is 1. The van der Waals surface area contributed by atoms with E-state index < -0.39 is 27.5 Å². The molecule has 0 atom stereocenters. The summed E-state index contributed by atoms with van der Waals surface area (Å²) in [7, 11) is -3.43. The van der Waals surface area contributed by atoms with E-state index in [2.05, 4.69) is 0 Å². The fraction of sp³-hybridized carbons (Fsp3) is 0.105. The summed E-state index contributed by atoms with van der Waals surface area (Å²) in [6.07, 6.45) is -2.23. The average molecular weight is 408 g/mol. The average Bonchev–Trinajstić information content (AvgIpc) is 3.06. The molecule has 0 fully saturated rings. The lowest BCUT2D eigenvalue weighted by molar-refractivity contribution is -0.137. The molecule has 3 aromatic rings. The third-order valence-electron chi connectivity index (χ3n) is 4.16. The summed E-state index contributed by atoms with van der Waals surface area (Å²) in [6, 6.07) is 11.8. The van der Waals surface area contributed by atoms with E-state index >= 15 is 0 Å². The first-order valence-electron chi connectivity index (χ1n) is 7.98. The Morgan fingerprint density at radius 1 is 1.04 bits per heavy atom. The van der Waals surface area contributed by atoms with Gasteiger partial charge in [0.2, 0.25) is 5.91 Å². The Kier molecular flexibility index (Phi) is 4.80. The molecule has 2 aromatic carbocycles. The monoisotopic (exact) mass is 408 g/mol. The third kappa shape index (κ3) is 3.79. The molecule has 9 heteroatoms. The minimum Gasteiger partial charge on any atom is -0.366 e. The molecule has 0 aliphatic rings. The number of nitrogens with two attached hydrogens (primary N) is 1. The van der Waals surface area contributed by atoms with Crippen LogP contribution in [0.3, 0.4) is 0 Å². The Bertz CT molecular complexity index is 1150. The van der Waals surface area contributed by atoms with Gasteiger partial charge in [0.1, 0.15) is 0 Å². The molecule has 5 nitrogen and oxygen atoms in total. The van der Waals surface area contributed by atoms with Crippen molar-refractivity contribution >= 4 is 15.7 Å². The largest absolute Gasteiger partial charge is 0.417 e. The highest BCUT2D eigenvalue weighted by molar-refractivity contribution is 7.90. The van der Waals surface area contributed by atoms with Gasteiger partial charge in [0.25, 0.3) is 0 Å². The summed E-state index contributed by atoms with van der Waals surface area (Å²) in [5, 5.41) is 0. The van der Waals surface area contributed by atoms with Gasteiger partial charge in [0, 0.05) is 23.7 Å². The predicted molar refractivity (Wildman–Crippen MR) is 97.8 cm³/mol. The quantitative estimate of drug-likeness (QED) is 0.715. The number of amides is 1. The molecule has 0 saturated heterocycles. The second-order valence-corrected chi connectivity index (χ2v) is 8.17. The van der Waals surface area contributed by atoms with Crippen molar-refractivity contribution in [1.82, 2.24) is 4.57 Å². The van der Waals surface area contributed by atoms with Crippen molar-refractivity contribution in [3.05, 3.63) is 71.9 Å². The number of sulfone groups is 1. The van der Waals surface area contributed by atoms with Gasteiger partial charge in [-0.15, -0.1) is 0 Å². The maximum absolute atomic E-state index is 13.5. The van der Waals surface area contributed by atoms with E-state index in [1.54, 1.807) is 0 Å². The fourth-order valence-electron chi connectivity index (χ4n) is 2.83. The Morgan fingerprint density at radius 3 is 2.18 bits per heavy atom. The molecule has 0 spiro atoms. The second kappa shape index (κ2) is 6.83. The molecule has 0 unspecified atom stereocenters. The standard InChI is InChI=1S/C19H15F3N2O3S/c1-28(26,27)14-8-6-13(7-9-14)24-11-12(18(23)25)10-17(24)15-4-2-3-5-16(15)19(20,21)22/h2-11H,1H3,(H2,23,25). The van der Waals surface area contributed by atoms with Crippen molar-refractivity contribution in [1.29, 1.82) is 0 Å². The molecule has 28 heavy (non-hydrogen) atoms. The number of benzene rings is 2. The van der Waals surface area contributed by atoms with Crippen LogP contribution in [-0.2, 0) is 16.0 Å². The zero-order valence-corrected chi connectivity index (χ0v) is 15.4. The fourth-order valence-corrected chi connectivity index (χ4v) is 3.46. The van der Waals surface area contributed by atoms with Crippen LogP contribution in [0.15, 0.2) is 65.7 Å². The highest BCUT2D eigenvalue weighted by atomic mass is 32.2. The van der Waals surface area contributed by atoms with Gasteiger partial charge in [-0.25, -0.2) is 8.42 Å². The van der Waals surface area contributed by atoms with Gasteiger partial charge < -0.3 is 10.3 Å². The topological polar surface area (TPSA) is 82.2 Å². The van der Waals surface area contributed by atoms with E-state index in [1.807, 2.05) is 0 Å². The summed E-state index contributed by atoms with van der Waals surface area (Å²) in [5.41, 5.74) is 4.82. The van der Waals surface area contributed by atoms with E-state index in [1.165, 1.54) is 59.3 Å². The van der Waals surface area contributed by atoms with Crippen molar-refractivity contribution in [3.63, 3.8) is 0 Å². The summed E-state index contributed by atoms with van der Waals surface area (Å²) < 4.78 is 65.0. The van der Waals surface area contributed by atoms with E-state index in [-0.39, 0.29) is 21.7 Å².